The topological polar surface area (TPSA) is 20.2 Å². The van der Waals surface area contributed by atoms with Crippen LogP contribution < -0.4 is 0 Å². The molecule has 102 valence electrons. The van der Waals surface area contributed by atoms with Crippen LogP contribution in [-0.2, 0) is 0 Å². The number of aliphatic hydroxyl groups excluding tert-OH is 1. The molecule has 1 heterocycles. The second-order valence-electron chi connectivity index (χ2n) is 4.68. The van der Waals surface area contributed by atoms with Crippen LogP contribution in [0.15, 0.2) is 12.1 Å². The highest BCUT2D eigenvalue weighted by atomic mass is 35.5. The van der Waals surface area contributed by atoms with Gasteiger partial charge in [0.25, 0.3) is 0 Å². The summed E-state index contributed by atoms with van der Waals surface area (Å²) in [6.45, 7) is 0. The van der Waals surface area contributed by atoms with Crippen LogP contribution in [0.5, 0.6) is 0 Å². The smallest absolute Gasteiger partial charge is 0.387 e. The molecular formula is C12H14ClF3OS. The van der Waals surface area contributed by atoms with Gasteiger partial charge in [-0.3, -0.25) is 0 Å². The first-order chi connectivity index (χ1) is 8.39. The van der Waals surface area contributed by atoms with Gasteiger partial charge in [-0.25, -0.2) is 0 Å². The highest BCUT2D eigenvalue weighted by Crippen LogP contribution is 2.47. The summed E-state index contributed by atoms with van der Waals surface area (Å²) >= 11 is 6.91. The Kier molecular flexibility index (Phi) is 4.24. The van der Waals surface area contributed by atoms with Crippen molar-refractivity contribution in [2.45, 2.75) is 38.0 Å². The lowest BCUT2D eigenvalue weighted by atomic mass is 9.75. The first-order valence-corrected chi connectivity index (χ1v) is 7.09. The molecule has 1 aromatic rings. The maximum atomic E-state index is 12.9. The molecule has 0 aliphatic heterocycles. The predicted octanol–water partition coefficient (Wildman–Crippen LogP) is 4.80. The first-order valence-electron chi connectivity index (χ1n) is 5.89. The highest BCUT2D eigenvalue weighted by Gasteiger charge is 2.48. The molecule has 0 amide bonds. The van der Waals surface area contributed by atoms with Crippen molar-refractivity contribution in [3.63, 3.8) is 0 Å². The fraction of sp³-hybridized carbons (Fsp3) is 0.667. The van der Waals surface area contributed by atoms with Gasteiger partial charge in [0.15, 0.2) is 0 Å². The molecule has 1 saturated carbocycles. The number of hydrogen-bond donors (Lipinski definition) is 1. The van der Waals surface area contributed by atoms with Gasteiger partial charge in [0, 0.05) is 10.8 Å². The van der Waals surface area contributed by atoms with E-state index in [0.717, 1.165) is 17.8 Å². The summed E-state index contributed by atoms with van der Waals surface area (Å²) in [5.74, 6) is -2.14. The van der Waals surface area contributed by atoms with Crippen LogP contribution in [0.3, 0.4) is 0 Å². The Balaban J connectivity index is 2.18. The van der Waals surface area contributed by atoms with Crippen molar-refractivity contribution in [2.75, 3.05) is 0 Å². The minimum absolute atomic E-state index is 0.115. The van der Waals surface area contributed by atoms with Gasteiger partial charge < -0.3 is 5.11 Å². The molecule has 18 heavy (non-hydrogen) atoms. The molecule has 0 saturated heterocycles. The van der Waals surface area contributed by atoms with Crippen LogP contribution in [0.2, 0.25) is 4.34 Å². The summed E-state index contributed by atoms with van der Waals surface area (Å²) in [4.78, 5) is 0.529. The van der Waals surface area contributed by atoms with E-state index in [1.807, 2.05) is 0 Å². The van der Waals surface area contributed by atoms with E-state index in [-0.39, 0.29) is 6.42 Å². The third kappa shape index (κ3) is 3.00. The summed E-state index contributed by atoms with van der Waals surface area (Å²) in [6.07, 6.45) is -3.43. The average molecular weight is 299 g/mol. The molecule has 6 heteroatoms. The fourth-order valence-corrected chi connectivity index (χ4v) is 3.77. The SMILES string of the molecule is OC(c1ccc(Cl)s1)C1CCCCC1C(F)(F)F. The largest absolute Gasteiger partial charge is 0.392 e. The molecule has 1 aliphatic carbocycles. The minimum atomic E-state index is -4.23. The molecule has 3 unspecified atom stereocenters. The van der Waals surface area contributed by atoms with Gasteiger partial charge in [0.2, 0.25) is 0 Å². The van der Waals surface area contributed by atoms with Crippen molar-refractivity contribution in [3.05, 3.63) is 21.3 Å². The van der Waals surface area contributed by atoms with E-state index in [2.05, 4.69) is 0 Å². The Morgan fingerprint density at radius 1 is 1.28 bits per heavy atom. The van der Waals surface area contributed by atoms with Gasteiger partial charge in [0.1, 0.15) is 0 Å². The average Bonchev–Trinajstić information content (AvgIpc) is 2.74. The Morgan fingerprint density at radius 3 is 2.50 bits per heavy atom. The maximum Gasteiger partial charge on any atom is 0.392 e. The number of aliphatic hydroxyl groups is 1. The summed E-state index contributed by atoms with van der Waals surface area (Å²) in [5, 5.41) is 10.1. The van der Waals surface area contributed by atoms with Crippen molar-refractivity contribution in [1.82, 2.24) is 0 Å². The first kappa shape index (κ1) is 14.2. The minimum Gasteiger partial charge on any atom is -0.387 e. The normalized spacial score (nSPS) is 27.2. The molecule has 2 rings (SSSR count). The Hall–Kier alpha value is -0.260. The molecule has 1 aliphatic rings. The molecule has 0 radical (unpaired) electrons. The van der Waals surface area contributed by atoms with Crippen LogP contribution >= 0.6 is 22.9 Å². The van der Waals surface area contributed by atoms with Gasteiger partial charge in [-0.05, 0) is 25.0 Å². The van der Waals surface area contributed by atoms with Crippen molar-refractivity contribution in [3.8, 4) is 0 Å². The number of thiophene rings is 1. The zero-order chi connectivity index (χ0) is 13.3. The van der Waals surface area contributed by atoms with E-state index >= 15 is 0 Å². The standard InChI is InChI=1S/C12H14ClF3OS/c13-10-6-5-9(18-10)11(17)7-3-1-2-4-8(7)12(14,15)16/h5-8,11,17H,1-4H2. The van der Waals surface area contributed by atoms with Crippen molar-refractivity contribution >= 4 is 22.9 Å². The number of hydrogen-bond acceptors (Lipinski definition) is 2. The Bertz CT molecular complexity index is 404. The number of alkyl halides is 3. The quantitative estimate of drug-likeness (QED) is 0.831. The van der Waals surface area contributed by atoms with Crippen molar-refractivity contribution in [2.24, 2.45) is 11.8 Å². The predicted molar refractivity (Wildman–Crippen MR) is 65.8 cm³/mol. The van der Waals surface area contributed by atoms with Gasteiger partial charge >= 0.3 is 6.18 Å². The zero-order valence-corrected chi connectivity index (χ0v) is 11.2. The number of halogens is 4. The van der Waals surface area contributed by atoms with E-state index in [0.29, 0.717) is 22.1 Å². The lowest BCUT2D eigenvalue weighted by Gasteiger charge is -2.35. The Morgan fingerprint density at radius 2 is 1.94 bits per heavy atom. The second kappa shape index (κ2) is 5.39. The molecule has 0 bridgehead atoms. The van der Waals surface area contributed by atoms with Crippen LogP contribution in [0, 0.1) is 11.8 Å². The summed E-state index contributed by atoms with van der Waals surface area (Å²) in [7, 11) is 0. The van der Waals surface area contributed by atoms with E-state index in [4.69, 9.17) is 11.6 Å². The lowest BCUT2D eigenvalue weighted by molar-refractivity contribution is -0.207. The van der Waals surface area contributed by atoms with E-state index in [1.54, 1.807) is 12.1 Å². The van der Waals surface area contributed by atoms with Crippen LogP contribution in [0.4, 0.5) is 13.2 Å². The van der Waals surface area contributed by atoms with Gasteiger partial charge in [-0.1, -0.05) is 24.4 Å². The van der Waals surface area contributed by atoms with E-state index < -0.39 is 24.1 Å². The summed E-state index contributed by atoms with van der Waals surface area (Å²) < 4.78 is 39.3. The highest BCUT2D eigenvalue weighted by molar-refractivity contribution is 7.16. The number of rotatable bonds is 2. The van der Waals surface area contributed by atoms with Gasteiger partial charge in [0.05, 0.1) is 16.4 Å². The monoisotopic (exact) mass is 298 g/mol. The Labute approximate surface area is 113 Å². The van der Waals surface area contributed by atoms with Crippen LogP contribution in [0.1, 0.15) is 36.7 Å². The van der Waals surface area contributed by atoms with Crippen LogP contribution in [-0.4, -0.2) is 11.3 Å². The lowest BCUT2D eigenvalue weighted by Crippen LogP contribution is -2.36. The summed E-state index contributed by atoms with van der Waals surface area (Å²) in [6, 6.07) is 3.22. The third-order valence-corrected chi connectivity index (χ3v) is 4.83. The zero-order valence-electron chi connectivity index (χ0n) is 9.58. The van der Waals surface area contributed by atoms with E-state index in [1.165, 1.54) is 0 Å². The summed E-state index contributed by atoms with van der Waals surface area (Å²) in [5.41, 5.74) is 0. The van der Waals surface area contributed by atoms with Crippen molar-refractivity contribution in [1.29, 1.82) is 0 Å². The molecule has 1 N–H and O–H groups in total. The van der Waals surface area contributed by atoms with E-state index in [9.17, 15) is 18.3 Å². The molecular weight excluding hydrogens is 285 g/mol. The molecule has 3 atom stereocenters. The van der Waals surface area contributed by atoms with Gasteiger partial charge in [-0.15, -0.1) is 11.3 Å². The van der Waals surface area contributed by atoms with Gasteiger partial charge in [-0.2, -0.15) is 13.2 Å². The maximum absolute atomic E-state index is 12.9. The van der Waals surface area contributed by atoms with Crippen molar-refractivity contribution < 1.29 is 18.3 Å². The van der Waals surface area contributed by atoms with Crippen LogP contribution in [0.25, 0.3) is 0 Å². The molecule has 1 nitrogen and oxygen atoms in total. The fourth-order valence-electron chi connectivity index (χ4n) is 2.64. The molecule has 0 aromatic carbocycles. The molecule has 1 aromatic heterocycles. The third-order valence-electron chi connectivity index (χ3n) is 3.53. The molecule has 0 spiro atoms. The molecule has 1 fully saturated rings. The second-order valence-corrected chi connectivity index (χ2v) is 6.43.